The fourth-order valence-electron chi connectivity index (χ4n) is 2.26. The highest BCUT2D eigenvalue weighted by Crippen LogP contribution is 2.61. The predicted molar refractivity (Wildman–Crippen MR) is 71.6 cm³/mol. The summed E-state index contributed by atoms with van der Waals surface area (Å²) in [7, 11) is -1.94. The van der Waals surface area contributed by atoms with E-state index in [0.29, 0.717) is 23.9 Å². The van der Waals surface area contributed by atoms with E-state index >= 15 is 0 Å². The van der Waals surface area contributed by atoms with Gasteiger partial charge in [-0.2, -0.15) is 9.05 Å². The van der Waals surface area contributed by atoms with E-state index in [9.17, 15) is 0 Å². The monoisotopic (exact) mass is 261 g/mol. The largest absolute Gasteiger partial charge is 0.431 e. The normalized spacial score (nSPS) is 35.3. The minimum absolute atomic E-state index is 0.441. The zero-order valence-corrected chi connectivity index (χ0v) is 12.3. The Bertz CT molecular complexity index is 239. The molecule has 0 aliphatic carbocycles. The summed E-state index contributed by atoms with van der Waals surface area (Å²) >= 11 is 0. The SMILES string of the molecule is CC[C@H](C)[C@H]1CO[P+]2(N1)N[C@@H]([C@@H](C)CC)CO2. The molecule has 0 radical (unpaired) electrons. The number of rotatable bonds is 4. The topological polar surface area (TPSA) is 42.5 Å². The third-order valence-corrected chi connectivity index (χ3v) is 6.57. The second-order valence-electron chi connectivity index (χ2n) is 5.39. The summed E-state index contributed by atoms with van der Waals surface area (Å²) in [4.78, 5) is 0. The van der Waals surface area contributed by atoms with E-state index in [2.05, 4.69) is 37.9 Å². The van der Waals surface area contributed by atoms with Gasteiger partial charge in [0.15, 0.2) is 0 Å². The molecule has 4 nitrogen and oxygen atoms in total. The summed E-state index contributed by atoms with van der Waals surface area (Å²) in [6.45, 7) is 10.5. The molecule has 5 heteroatoms. The van der Waals surface area contributed by atoms with Gasteiger partial charge in [-0.3, -0.25) is 0 Å². The standard InChI is InChI=1S/C12H26N2O2P/c1-5-9(3)11-7-15-17(13-11)14-12(8-16-17)10(4)6-2/h9-14H,5-8H2,1-4H3/q+1/t9-,10-,11+,12+,17?/m0/s1. The Labute approximate surface area is 105 Å². The molecule has 0 aromatic carbocycles. The van der Waals surface area contributed by atoms with Gasteiger partial charge in [0.25, 0.3) is 0 Å². The van der Waals surface area contributed by atoms with Crippen LogP contribution in [0.5, 0.6) is 0 Å². The van der Waals surface area contributed by atoms with Crippen molar-refractivity contribution in [1.29, 1.82) is 0 Å². The number of hydrogen-bond donors (Lipinski definition) is 2. The summed E-state index contributed by atoms with van der Waals surface area (Å²) in [6.07, 6.45) is 2.35. The zero-order valence-electron chi connectivity index (χ0n) is 11.4. The molecule has 0 aromatic heterocycles. The predicted octanol–water partition coefficient (Wildman–Crippen LogP) is 2.73. The van der Waals surface area contributed by atoms with Crippen molar-refractivity contribution in [3.63, 3.8) is 0 Å². The lowest BCUT2D eigenvalue weighted by Crippen LogP contribution is -2.35. The van der Waals surface area contributed by atoms with E-state index < -0.39 is 8.02 Å². The molecule has 2 fully saturated rings. The van der Waals surface area contributed by atoms with Crippen molar-refractivity contribution in [2.45, 2.75) is 52.6 Å². The molecule has 0 unspecified atom stereocenters. The smallest absolute Gasteiger partial charge is 0.171 e. The van der Waals surface area contributed by atoms with Crippen LogP contribution in [-0.4, -0.2) is 25.3 Å². The Morgan fingerprint density at radius 2 is 1.41 bits per heavy atom. The number of nitrogens with one attached hydrogen (secondary N) is 2. The molecule has 17 heavy (non-hydrogen) atoms. The second kappa shape index (κ2) is 5.50. The first kappa shape index (κ1) is 13.7. The maximum atomic E-state index is 5.93. The first-order valence-corrected chi connectivity index (χ1v) is 8.46. The van der Waals surface area contributed by atoms with Crippen molar-refractivity contribution in [2.24, 2.45) is 11.8 Å². The van der Waals surface area contributed by atoms with Gasteiger partial charge in [-0.1, -0.05) is 40.5 Å². The third kappa shape index (κ3) is 2.82. The van der Waals surface area contributed by atoms with Gasteiger partial charge >= 0.3 is 8.02 Å². The minimum Gasteiger partial charge on any atom is -0.171 e. The van der Waals surface area contributed by atoms with E-state index in [0.717, 1.165) is 13.2 Å². The molecule has 2 aliphatic heterocycles. The molecule has 100 valence electrons. The van der Waals surface area contributed by atoms with Crippen molar-refractivity contribution in [3.8, 4) is 0 Å². The third-order valence-electron chi connectivity index (χ3n) is 4.21. The van der Waals surface area contributed by atoms with Gasteiger partial charge in [-0.15, -0.1) is 10.2 Å². The highest BCUT2D eigenvalue weighted by atomic mass is 31.2. The molecular formula is C12H26N2O2P+. The Morgan fingerprint density at radius 3 is 1.76 bits per heavy atom. The minimum atomic E-state index is -1.94. The summed E-state index contributed by atoms with van der Waals surface area (Å²) in [5.74, 6) is 1.28. The van der Waals surface area contributed by atoms with Crippen LogP contribution in [0.15, 0.2) is 0 Å². The van der Waals surface area contributed by atoms with Crippen LogP contribution >= 0.6 is 8.02 Å². The van der Waals surface area contributed by atoms with E-state index in [1.165, 1.54) is 12.8 Å². The Kier molecular flexibility index (Phi) is 4.43. The lowest BCUT2D eigenvalue weighted by Gasteiger charge is -2.17. The first-order chi connectivity index (χ1) is 8.10. The molecule has 2 heterocycles. The molecule has 1 spiro atoms. The molecule has 2 saturated heterocycles. The lowest BCUT2D eigenvalue weighted by molar-refractivity contribution is 0.255. The van der Waals surface area contributed by atoms with E-state index in [-0.39, 0.29) is 0 Å². The van der Waals surface area contributed by atoms with Crippen LogP contribution < -0.4 is 10.2 Å². The summed E-state index contributed by atoms with van der Waals surface area (Å²) < 4.78 is 11.9. The second-order valence-corrected chi connectivity index (χ2v) is 7.52. The van der Waals surface area contributed by atoms with E-state index in [4.69, 9.17) is 9.05 Å². The van der Waals surface area contributed by atoms with Crippen molar-refractivity contribution < 1.29 is 9.05 Å². The van der Waals surface area contributed by atoms with Gasteiger partial charge in [0, 0.05) is 0 Å². The summed E-state index contributed by atoms with van der Waals surface area (Å²) in [5.41, 5.74) is 0. The average molecular weight is 261 g/mol. The quantitative estimate of drug-likeness (QED) is 0.764. The molecule has 2 rings (SSSR count). The van der Waals surface area contributed by atoms with E-state index in [1.807, 2.05) is 0 Å². The fourth-order valence-corrected chi connectivity index (χ4v) is 4.98. The van der Waals surface area contributed by atoms with Gasteiger partial charge in [-0.05, 0) is 11.8 Å². The first-order valence-electron chi connectivity index (χ1n) is 6.84. The maximum absolute atomic E-state index is 5.93. The summed E-state index contributed by atoms with van der Waals surface area (Å²) in [5, 5.41) is 7.16. The van der Waals surface area contributed by atoms with E-state index in [1.54, 1.807) is 0 Å². The van der Waals surface area contributed by atoms with Gasteiger partial charge in [0.1, 0.15) is 13.2 Å². The fraction of sp³-hybridized carbons (Fsp3) is 1.00. The Balaban J connectivity index is 1.91. The van der Waals surface area contributed by atoms with Crippen molar-refractivity contribution >= 4 is 8.02 Å². The van der Waals surface area contributed by atoms with Crippen molar-refractivity contribution in [3.05, 3.63) is 0 Å². The molecule has 2 aliphatic rings. The van der Waals surface area contributed by atoms with Crippen LogP contribution in [-0.2, 0) is 9.05 Å². The van der Waals surface area contributed by atoms with Gasteiger partial charge < -0.3 is 0 Å². The maximum Gasteiger partial charge on any atom is 0.431 e. The highest BCUT2D eigenvalue weighted by molar-refractivity contribution is 7.63. The van der Waals surface area contributed by atoms with Gasteiger partial charge in [0.05, 0.1) is 12.1 Å². The molecular weight excluding hydrogens is 235 g/mol. The van der Waals surface area contributed by atoms with Crippen molar-refractivity contribution in [1.82, 2.24) is 10.2 Å². The van der Waals surface area contributed by atoms with Crippen LogP contribution in [0.4, 0.5) is 0 Å². The van der Waals surface area contributed by atoms with Crippen LogP contribution in [0, 0.1) is 11.8 Å². The zero-order chi connectivity index (χ0) is 12.5. The molecule has 4 atom stereocenters. The molecule has 0 aromatic rings. The molecule has 0 amide bonds. The molecule has 2 N–H and O–H groups in total. The average Bonchev–Trinajstić information content (AvgIpc) is 2.96. The van der Waals surface area contributed by atoms with Crippen molar-refractivity contribution in [2.75, 3.05) is 13.2 Å². The Morgan fingerprint density at radius 1 is 1.00 bits per heavy atom. The van der Waals surface area contributed by atoms with Crippen LogP contribution in [0.1, 0.15) is 40.5 Å². The van der Waals surface area contributed by atoms with Crippen LogP contribution in [0.25, 0.3) is 0 Å². The molecule has 0 saturated carbocycles. The number of hydrogen-bond acceptors (Lipinski definition) is 4. The van der Waals surface area contributed by atoms with Crippen LogP contribution in [0.2, 0.25) is 0 Å². The Hall–Kier alpha value is 0.270. The van der Waals surface area contributed by atoms with Gasteiger partial charge in [-0.25, -0.2) is 0 Å². The highest BCUT2D eigenvalue weighted by Gasteiger charge is 2.58. The lowest BCUT2D eigenvalue weighted by atomic mass is 10.0. The molecule has 0 bridgehead atoms. The summed E-state index contributed by atoms with van der Waals surface area (Å²) in [6, 6.07) is 0.882. The van der Waals surface area contributed by atoms with Gasteiger partial charge in [0.2, 0.25) is 0 Å². The van der Waals surface area contributed by atoms with Crippen LogP contribution in [0.3, 0.4) is 0 Å².